The summed E-state index contributed by atoms with van der Waals surface area (Å²) in [5.41, 5.74) is 0. The molecule has 0 aromatic heterocycles. The molecule has 3 nitrogen and oxygen atoms in total. The fraction of sp³-hybridized carbons (Fsp3) is 0.600. The van der Waals surface area contributed by atoms with E-state index >= 15 is 0 Å². The van der Waals surface area contributed by atoms with Crippen LogP contribution >= 0.6 is 38.5 Å². The van der Waals surface area contributed by atoms with Gasteiger partial charge in [0.25, 0.3) is 5.78 Å². The van der Waals surface area contributed by atoms with E-state index in [9.17, 15) is 9.59 Å². The van der Waals surface area contributed by atoms with Gasteiger partial charge in [-0.3, -0.25) is 4.79 Å². The molecule has 0 N–H and O–H groups in total. The van der Waals surface area contributed by atoms with Crippen molar-refractivity contribution in [2.75, 3.05) is 6.61 Å². The molecule has 0 rings (SSSR count). The third-order valence-corrected chi connectivity index (χ3v) is 1.66. The van der Waals surface area contributed by atoms with E-state index < -0.39 is 14.6 Å². The minimum absolute atomic E-state index is 0.237. The molecule has 1 atom stereocenters. The number of alkyl halides is 2. The maximum absolute atomic E-state index is 10.7. The number of hydrogen-bond acceptors (Lipinski definition) is 3. The minimum Gasteiger partial charge on any atom is -0.460 e. The van der Waals surface area contributed by atoms with Gasteiger partial charge < -0.3 is 4.74 Å². The van der Waals surface area contributed by atoms with Gasteiger partial charge in [0.15, 0.2) is 0 Å². The first-order valence-electron chi connectivity index (χ1n) is 2.58. The summed E-state index contributed by atoms with van der Waals surface area (Å²) in [6.07, 6.45) is 0. The molecule has 0 saturated heterocycles. The molecule has 5 heteroatoms. The number of ether oxygens (including phenoxy) is 1. The van der Waals surface area contributed by atoms with Crippen molar-refractivity contribution < 1.29 is 14.3 Å². The second kappa shape index (κ2) is 5.06. The molecule has 0 aliphatic carbocycles. The van der Waals surface area contributed by atoms with Crippen molar-refractivity contribution in [2.45, 2.75) is 9.76 Å². The van der Waals surface area contributed by atoms with Gasteiger partial charge in [0, 0.05) is 0 Å². The van der Waals surface area contributed by atoms with Gasteiger partial charge in [0.1, 0.15) is 2.83 Å². The van der Waals surface area contributed by atoms with Crippen LogP contribution in [-0.4, -0.2) is 21.2 Å². The predicted molar refractivity (Wildman–Crippen MR) is 48.4 cm³/mol. The van der Waals surface area contributed by atoms with Crippen molar-refractivity contribution in [3.63, 3.8) is 0 Å². The molecule has 0 heterocycles. The Labute approximate surface area is 80.8 Å². The molecule has 0 amide bonds. The monoisotopic (exact) mass is 320 g/mol. The standard InChI is InChI=1S/C5H6BrIO3/c1-2-10-5(9)3(8)4(6)7/h4H,2H2,1H3/t4-/m1/s1. The Morgan fingerprint density at radius 2 is 2.20 bits per heavy atom. The summed E-state index contributed by atoms with van der Waals surface area (Å²) in [6, 6.07) is 0. The topological polar surface area (TPSA) is 43.4 Å². The average molecular weight is 321 g/mol. The number of ketones is 1. The van der Waals surface area contributed by atoms with E-state index in [0.717, 1.165) is 0 Å². The summed E-state index contributed by atoms with van der Waals surface area (Å²) in [5.74, 6) is -1.33. The zero-order chi connectivity index (χ0) is 8.15. The first-order chi connectivity index (χ1) is 4.59. The van der Waals surface area contributed by atoms with Crippen LogP contribution in [0.4, 0.5) is 0 Å². The summed E-state index contributed by atoms with van der Waals surface area (Å²) < 4.78 is 3.96. The third-order valence-electron chi connectivity index (χ3n) is 0.675. The van der Waals surface area contributed by atoms with Gasteiger partial charge in [-0.1, -0.05) is 38.5 Å². The van der Waals surface area contributed by atoms with Gasteiger partial charge in [-0.15, -0.1) is 0 Å². The van der Waals surface area contributed by atoms with E-state index in [2.05, 4.69) is 20.7 Å². The number of halogens is 2. The summed E-state index contributed by atoms with van der Waals surface area (Å²) in [4.78, 5) is 21.3. The SMILES string of the molecule is CCOC(=O)C(=O)[C@H](Br)I. The molecular weight excluding hydrogens is 315 g/mol. The Balaban J connectivity index is 3.83. The lowest BCUT2D eigenvalue weighted by Crippen LogP contribution is -2.22. The van der Waals surface area contributed by atoms with Gasteiger partial charge in [-0.2, -0.15) is 0 Å². The number of carbonyl (C=O) groups is 2. The molecule has 0 fully saturated rings. The minimum atomic E-state index is -0.779. The first-order valence-corrected chi connectivity index (χ1v) is 4.74. The van der Waals surface area contributed by atoms with E-state index in [1.54, 1.807) is 29.5 Å². The normalized spacial score (nSPS) is 12.3. The van der Waals surface area contributed by atoms with Gasteiger partial charge in [0.05, 0.1) is 6.61 Å². The molecule has 0 aromatic rings. The first kappa shape index (κ1) is 10.3. The number of Topliss-reactive ketones (excluding diaryl/α,β-unsaturated/α-hetero) is 1. The highest BCUT2D eigenvalue weighted by Gasteiger charge is 2.20. The molecule has 0 aliphatic rings. The molecule has 0 bridgehead atoms. The average Bonchev–Trinajstić information content (AvgIpc) is 1.87. The fourth-order valence-corrected chi connectivity index (χ4v) is 0.732. The van der Waals surface area contributed by atoms with Crippen LogP contribution in [0, 0.1) is 0 Å². The Morgan fingerprint density at radius 1 is 1.70 bits per heavy atom. The highest BCUT2D eigenvalue weighted by Crippen LogP contribution is 2.10. The Kier molecular flexibility index (Phi) is 5.24. The maximum atomic E-state index is 10.7. The summed E-state index contributed by atoms with van der Waals surface area (Å²) >= 11 is 4.74. The van der Waals surface area contributed by atoms with Gasteiger partial charge in [0.2, 0.25) is 0 Å². The molecular formula is C5H6BrIO3. The maximum Gasteiger partial charge on any atom is 0.376 e. The van der Waals surface area contributed by atoms with Crippen LogP contribution in [-0.2, 0) is 14.3 Å². The van der Waals surface area contributed by atoms with Crippen LogP contribution in [0.25, 0.3) is 0 Å². The molecule has 0 saturated carbocycles. The van der Waals surface area contributed by atoms with Crippen LogP contribution in [0.15, 0.2) is 0 Å². The second-order valence-electron chi connectivity index (χ2n) is 1.39. The van der Waals surface area contributed by atoms with E-state index in [4.69, 9.17) is 0 Å². The highest BCUT2D eigenvalue weighted by atomic mass is 127. The van der Waals surface area contributed by atoms with Crippen LogP contribution in [0.3, 0.4) is 0 Å². The molecule has 0 aliphatic heterocycles. The molecule has 0 unspecified atom stereocenters. The second-order valence-corrected chi connectivity index (χ2v) is 5.26. The van der Waals surface area contributed by atoms with Gasteiger partial charge in [-0.05, 0) is 6.92 Å². The van der Waals surface area contributed by atoms with Crippen molar-refractivity contribution in [3.05, 3.63) is 0 Å². The van der Waals surface area contributed by atoms with Crippen LogP contribution < -0.4 is 0 Å². The van der Waals surface area contributed by atoms with Crippen LogP contribution in [0.1, 0.15) is 6.92 Å². The summed E-state index contributed by atoms with van der Waals surface area (Å²) in [7, 11) is 0. The zero-order valence-corrected chi connectivity index (χ0v) is 9.01. The van der Waals surface area contributed by atoms with Crippen molar-refractivity contribution >= 4 is 50.3 Å². The zero-order valence-electron chi connectivity index (χ0n) is 5.27. The lowest BCUT2D eigenvalue weighted by atomic mass is 10.5. The molecule has 0 radical (unpaired) electrons. The fourth-order valence-electron chi connectivity index (χ4n) is 0.291. The van der Waals surface area contributed by atoms with Crippen molar-refractivity contribution in [3.8, 4) is 0 Å². The van der Waals surface area contributed by atoms with Gasteiger partial charge >= 0.3 is 5.97 Å². The lowest BCUT2D eigenvalue weighted by Gasteiger charge is -1.99. The highest BCUT2D eigenvalue weighted by molar-refractivity contribution is 14.1. The predicted octanol–water partition coefficient (Wildman–Crippen LogP) is 1.27. The number of hydrogen-bond donors (Lipinski definition) is 0. The van der Waals surface area contributed by atoms with E-state index in [-0.39, 0.29) is 6.61 Å². The Bertz CT molecular complexity index is 146. The Morgan fingerprint density at radius 3 is 2.50 bits per heavy atom. The quantitative estimate of drug-likeness (QED) is 0.340. The van der Waals surface area contributed by atoms with E-state index in [1.165, 1.54) is 0 Å². The number of esters is 1. The van der Waals surface area contributed by atoms with E-state index in [1.807, 2.05) is 0 Å². The molecule has 58 valence electrons. The smallest absolute Gasteiger partial charge is 0.376 e. The number of carbonyl (C=O) groups excluding carboxylic acids is 2. The van der Waals surface area contributed by atoms with E-state index in [0.29, 0.717) is 0 Å². The molecule has 0 spiro atoms. The van der Waals surface area contributed by atoms with Crippen LogP contribution in [0.5, 0.6) is 0 Å². The summed E-state index contributed by atoms with van der Waals surface area (Å²) in [6.45, 7) is 1.89. The summed E-state index contributed by atoms with van der Waals surface area (Å²) in [5, 5.41) is 0. The van der Waals surface area contributed by atoms with Crippen molar-refractivity contribution in [1.82, 2.24) is 0 Å². The van der Waals surface area contributed by atoms with Crippen LogP contribution in [0.2, 0.25) is 0 Å². The van der Waals surface area contributed by atoms with Gasteiger partial charge in [-0.25, -0.2) is 4.79 Å². The van der Waals surface area contributed by atoms with Crippen molar-refractivity contribution in [2.24, 2.45) is 0 Å². The largest absolute Gasteiger partial charge is 0.460 e. The molecule has 10 heavy (non-hydrogen) atoms. The molecule has 0 aromatic carbocycles. The lowest BCUT2D eigenvalue weighted by molar-refractivity contribution is -0.152. The van der Waals surface area contributed by atoms with Crippen molar-refractivity contribution in [1.29, 1.82) is 0 Å². The third kappa shape index (κ3) is 3.50. The Hall–Kier alpha value is 0.350. The number of rotatable bonds is 3.